The van der Waals surface area contributed by atoms with Crippen LogP contribution in [0.1, 0.15) is 37.1 Å². The first kappa shape index (κ1) is 15.7. The lowest BCUT2D eigenvalue weighted by Gasteiger charge is -2.31. The Balaban J connectivity index is 2.58. The molecule has 110 valence electrons. The normalized spacial score (nSPS) is 11.5. The van der Waals surface area contributed by atoms with Crippen LogP contribution < -0.4 is 4.90 Å². The van der Waals surface area contributed by atoms with Gasteiger partial charge in [0.15, 0.2) is 0 Å². The van der Waals surface area contributed by atoms with Crippen molar-refractivity contribution in [2.24, 2.45) is 0 Å². The van der Waals surface area contributed by atoms with Crippen LogP contribution >= 0.6 is 27.3 Å². The average molecular weight is 356 g/mol. The van der Waals surface area contributed by atoms with Crippen LogP contribution in [-0.2, 0) is 0 Å². The summed E-state index contributed by atoms with van der Waals surface area (Å²) in [6, 6.07) is 0.533. The second-order valence-corrected chi connectivity index (χ2v) is 7.01. The number of aryl methyl sites for hydroxylation is 2. The fraction of sp³-hybridized carbons (Fsp3) is 0.600. The fourth-order valence-corrected chi connectivity index (χ4v) is 4.04. The number of hydrogen-bond donors (Lipinski definition) is 0. The molecule has 0 radical (unpaired) electrons. The Kier molecular flexibility index (Phi) is 5.38. The summed E-state index contributed by atoms with van der Waals surface area (Å²) in [5, 5.41) is 2.19. The molecule has 2 heterocycles. The molecule has 3 nitrogen and oxygen atoms in total. The second-order valence-electron chi connectivity index (χ2n) is 5.01. The Morgan fingerprint density at radius 2 is 1.95 bits per heavy atom. The monoisotopic (exact) mass is 355 g/mol. The Morgan fingerprint density at radius 1 is 1.25 bits per heavy atom. The van der Waals surface area contributed by atoms with Gasteiger partial charge in [0.1, 0.15) is 17.0 Å². The zero-order valence-electron chi connectivity index (χ0n) is 12.6. The van der Waals surface area contributed by atoms with Gasteiger partial charge in [-0.3, -0.25) is 0 Å². The Hall–Kier alpha value is -0.680. The molecule has 20 heavy (non-hydrogen) atoms. The minimum absolute atomic E-state index is 0.533. The van der Waals surface area contributed by atoms with Crippen molar-refractivity contribution in [3.05, 3.63) is 16.8 Å². The molecular formula is C15H22BrN3S. The maximum atomic E-state index is 4.62. The fourth-order valence-electron chi connectivity index (χ4n) is 2.66. The minimum Gasteiger partial charge on any atom is -0.352 e. The molecule has 0 aliphatic rings. The topological polar surface area (TPSA) is 29.0 Å². The van der Waals surface area contributed by atoms with Crippen LogP contribution in [0.4, 0.5) is 5.82 Å². The van der Waals surface area contributed by atoms with Crippen molar-refractivity contribution in [1.29, 1.82) is 0 Å². The van der Waals surface area contributed by atoms with E-state index in [2.05, 4.69) is 58.5 Å². The number of aromatic nitrogens is 2. The SMILES string of the molecule is CCC(CC)N(CCBr)c1ncnc2sc(C)c(C)c12. The molecule has 0 aliphatic heterocycles. The molecule has 0 unspecified atom stereocenters. The highest BCUT2D eigenvalue weighted by molar-refractivity contribution is 9.09. The van der Waals surface area contributed by atoms with Crippen molar-refractivity contribution in [1.82, 2.24) is 9.97 Å². The van der Waals surface area contributed by atoms with Gasteiger partial charge in [0.25, 0.3) is 0 Å². The first-order chi connectivity index (χ1) is 9.63. The van der Waals surface area contributed by atoms with E-state index in [4.69, 9.17) is 0 Å². The Bertz CT molecular complexity index is 578. The van der Waals surface area contributed by atoms with Crippen LogP contribution in [0.2, 0.25) is 0 Å². The zero-order valence-corrected chi connectivity index (χ0v) is 15.0. The van der Waals surface area contributed by atoms with E-state index in [-0.39, 0.29) is 0 Å². The molecule has 2 rings (SSSR count). The van der Waals surface area contributed by atoms with Crippen LogP contribution in [-0.4, -0.2) is 27.9 Å². The van der Waals surface area contributed by atoms with E-state index in [0.717, 1.165) is 35.4 Å². The van der Waals surface area contributed by atoms with Gasteiger partial charge in [-0.05, 0) is 32.3 Å². The predicted octanol–water partition coefficient (Wildman–Crippen LogP) is 4.70. The third-order valence-corrected chi connectivity index (χ3v) is 5.40. The van der Waals surface area contributed by atoms with E-state index in [1.807, 2.05) is 0 Å². The van der Waals surface area contributed by atoms with Gasteiger partial charge in [-0.2, -0.15) is 0 Å². The molecule has 0 aromatic carbocycles. The Morgan fingerprint density at radius 3 is 2.55 bits per heavy atom. The quantitative estimate of drug-likeness (QED) is 0.703. The highest BCUT2D eigenvalue weighted by Gasteiger charge is 2.21. The molecule has 5 heteroatoms. The highest BCUT2D eigenvalue weighted by Crippen LogP contribution is 2.35. The number of halogens is 1. The molecule has 0 aliphatic carbocycles. The number of hydrogen-bond acceptors (Lipinski definition) is 4. The molecule has 0 amide bonds. The number of thiophene rings is 1. The maximum absolute atomic E-state index is 4.62. The first-order valence-corrected chi connectivity index (χ1v) is 9.11. The third kappa shape index (κ3) is 2.84. The summed E-state index contributed by atoms with van der Waals surface area (Å²) in [6.07, 6.45) is 3.98. The van der Waals surface area contributed by atoms with Crippen LogP contribution in [0.5, 0.6) is 0 Å². The van der Waals surface area contributed by atoms with Gasteiger partial charge in [-0.25, -0.2) is 9.97 Å². The number of alkyl halides is 1. The second kappa shape index (κ2) is 6.85. The first-order valence-electron chi connectivity index (χ1n) is 7.17. The average Bonchev–Trinajstić information content (AvgIpc) is 2.74. The van der Waals surface area contributed by atoms with Crippen LogP contribution in [0, 0.1) is 13.8 Å². The van der Waals surface area contributed by atoms with Crippen LogP contribution in [0.3, 0.4) is 0 Å². The maximum Gasteiger partial charge on any atom is 0.141 e. The van der Waals surface area contributed by atoms with Crippen molar-refractivity contribution in [3.63, 3.8) is 0 Å². The summed E-state index contributed by atoms with van der Waals surface area (Å²) in [5.41, 5.74) is 1.33. The largest absolute Gasteiger partial charge is 0.352 e. The van der Waals surface area contributed by atoms with Crippen molar-refractivity contribution in [2.45, 2.75) is 46.6 Å². The molecule has 2 aromatic rings. The van der Waals surface area contributed by atoms with E-state index in [9.17, 15) is 0 Å². The van der Waals surface area contributed by atoms with Gasteiger partial charge < -0.3 is 4.90 Å². The van der Waals surface area contributed by atoms with Gasteiger partial charge in [-0.1, -0.05) is 29.8 Å². The smallest absolute Gasteiger partial charge is 0.141 e. The zero-order chi connectivity index (χ0) is 14.7. The van der Waals surface area contributed by atoms with E-state index < -0.39 is 0 Å². The predicted molar refractivity (Wildman–Crippen MR) is 92.4 cm³/mol. The molecule has 0 saturated heterocycles. The highest BCUT2D eigenvalue weighted by atomic mass is 79.9. The van der Waals surface area contributed by atoms with Gasteiger partial charge in [0.05, 0.1) is 5.39 Å². The molecule has 0 atom stereocenters. The number of rotatable bonds is 6. The summed E-state index contributed by atoms with van der Waals surface area (Å²) in [4.78, 5) is 14.0. The summed E-state index contributed by atoms with van der Waals surface area (Å²) >= 11 is 5.35. The van der Waals surface area contributed by atoms with Gasteiger partial charge in [0.2, 0.25) is 0 Å². The summed E-state index contributed by atoms with van der Waals surface area (Å²) in [6.45, 7) is 9.82. The standard InChI is InChI=1S/C15H22BrN3S/c1-5-12(6-2)19(8-7-16)14-13-10(3)11(4)20-15(13)18-9-17-14/h9,12H,5-8H2,1-4H3. The number of fused-ring (bicyclic) bond motifs is 1. The lowest BCUT2D eigenvalue weighted by Crippen LogP contribution is -2.36. The van der Waals surface area contributed by atoms with E-state index in [0.29, 0.717) is 6.04 Å². The van der Waals surface area contributed by atoms with Gasteiger partial charge in [-0.15, -0.1) is 11.3 Å². The van der Waals surface area contributed by atoms with Gasteiger partial charge >= 0.3 is 0 Å². The van der Waals surface area contributed by atoms with E-state index >= 15 is 0 Å². The number of anilines is 1. The molecule has 0 N–H and O–H groups in total. The lowest BCUT2D eigenvalue weighted by molar-refractivity contribution is 0.565. The lowest BCUT2D eigenvalue weighted by atomic mass is 10.1. The van der Waals surface area contributed by atoms with Crippen molar-refractivity contribution in [2.75, 3.05) is 16.8 Å². The minimum atomic E-state index is 0.533. The Labute approximate surface area is 133 Å². The molecule has 0 spiro atoms. The molecule has 0 saturated carbocycles. The number of nitrogens with zero attached hydrogens (tertiary/aromatic N) is 3. The summed E-state index contributed by atoms with van der Waals surface area (Å²) in [7, 11) is 0. The molecule has 0 bridgehead atoms. The van der Waals surface area contributed by atoms with Crippen molar-refractivity contribution in [3.8, 4) is 0 Å². The summed E-state index contributed by atoms with van der Waals surface area (Å²) < 4.78 is 0. The van der Waals surface area contributed by atoms with Crippen LogP contribution in [0.25, 0.3) is 10.2 Å². The van der Waals surface area contributed by atoms with Crippen LogP contribution in [0.15, 0.2) is 6.33 Å². The molecule has 2 aromatic heterocycles. The molecular weight excluding hydrogens is 334 g/mol. The van der Waals surface area contributed by atoms with Crippen molar-refractivity contribution >= 4 is 43.3 Å². The van der Waals surface area contributed by atoms with Gasteiger partial charge in [0, 0.05) is 22.8 Å². The van der Waals surface area contributed by atoms with Crippen molar-refractivity contribution < 1.29 is 0 Å². The van der Waals surface area contributed by atoms with E-state index in [1.54, 1.807) is 17.7 Å². The molecule has 0 fully saturated rings. The summed E-state index contributed by atoms with van der Waals surface area (Å²) in [5.74, 6) is 1.10. The third-order valence-electron chi connectivity index (χ3n) is 3.93. The van der Waals surface area contributed by atoms with E-state index in [1.165, 1.54) is 15.8 Å².